The van der Waals surface area contributed by atoms with E-state index in [1.807, 2.05) is 32.2 Å². The van der Waals surface area contributed by atoms with Gasteiger partial charge in [0.2, 0.25) is 5.95 Å². The van der Waals surface area contributed by atoms with Crippen LogP contribution in [0.3, 0.4) is 0 Å². The summed E-state index contributed by atoms with van der Waals surface area (Å²) in [6.07, 6.45) is 2.81. The highest BCUT2D eigenvalue weighted by Gasteiger charge is 2.20. The van der Waals surface area contributed by atoms with E-state index in [4.69, 9.17) is 4.74 Å². The van der Waals surface area contributed by atoms with Gasteiger partial charge in [0, 0.05) is 44.9 Å². The maximum absolute atomic E-state index is 5.47. The van der Waals surface area contributed by atoms with E-state index in [1.54, 1.807) is 6.20 Å². The third kappa shape index (κ3) is 4.11. The Morgan fingerprint density at radius 2 is 2.12 bits per heavy atom. The SMILES string of the molecule is CNc1nc(NCCNc2ncccc2C)cc([C@@H]2CCOC2)n1. The minimum Gasteiger partial charge on any atom is -0.381 e. The number of rotatable bonds is 7. The van der Waals surface area contributed by atoms with Crippen molar-refractivity contribution >= 4 is 17.6 Å². The van der Waals surface area contributed by atoms with Gasteiger partial charge in [0.15, 0.2) is 0 Å². The third-order valence-electron chi connectivity index (χ3n) is 4.05. The molecule has 0 bridgehead atoms. The Labute approximate surface area is 142 Å². The quantitative estimate of drug-likeness (QED) is 0.672. The zero-order chi connectivity index (χ0) is 16.8. The Hall–Kier alpha value is -2.41. The van der Waals surface area contributed by atoms with E-state index in [0.717, 1.165) is 55.6 Å². The van der Waals surface area contributed by atoms with Crippen LogP contribution in [0.15, 0.2) is 24.4 Å². The number of ether oxygens (including phenoxy) is 1. The Morgan fingerprint density at radius 1 is 1.25 bits per heavy atom. The molecule has 1 saturated heterocycles. The number of anilines is 3. The van der Waals surface area contributed by atoms with Crippen LogP contribution in [0, 0.1) is 6.92 Å². The van der Waals surface area contributed by atoms with Gasteiger partial charge in [-0.15, -0.1) is 0 Å². The molecule has 2 aromatic rings. The molecule has 1 fully saturated rings. The van der Waals surface area contributed by atoms with Gasteiger partial charge in [-0.05, 0) is 25.0 Å². The maximum Gasteiger partial charge on any atom is 0.224 e. The summed E-state index contributed by atoms with van der Waals surface area (Å²) in [5.41, 5.74) is 2.17. The van der Waals surface area contributed by atoms with Crippen molar-refractivity contribution in [2.24, 2.45) is 0 Å². The molecule has 0 aliphatic carbocycles. The number of aromatic nitrogens is 3. The fourth-order valence-corrected chi connectivity index (χ4v) is 2.69. The first kappa shape index (κ1) is 16.4. The first-order valence-electron chi connectivity index (χ1n) is 8.30. The molecule has 128 valence electrons. The van der Waals surface area contributed by atoms with Gasteiger partial charge < -0.3 is 20.7 Å². The first-order valence-corrected chi connectivity index (χ1v) is 8.30. The number of nitrogens with one attached hydrogen (secondary N) is 3. The molecule has 7 nitrogen and oxygen atoms in total. The monoisotopic (exact) mass is 328 g/mol. The molecule has 3 rings (SSSR count). The molecule has 0 unspecified atom stereocenters. The summed E-state index contributed by atoms with van der Waals surface area (Å²) in [5.74, 6) is 2.74. The van der Waals surface area contributed by atoms with Crippen molar-refractivity contribution in [3.8, 4) is 0 Å². The molecule has 3 heterocycles. The van der Waals surface area contributed by atoms with Crippen LogP contribution >= 0.6 is 0 Å². The second-order valence-electron chi connectivity index (χ2n) is 5.83. The highest BCUT2D eigenvalue weighted by Crippen LogP contribution is 2.25. The minimum absolute atomic E-state index is 0.356. The highest BCUT2D eigenvalue weighted by atomic mass is 16.5. The lowest BCUT2D eigenvalue weighted by Gasteiger charge is -2.13. The summed E-state index contributed by atoms with van der Waals surface area (Å²) in [6, 6.07) is 6.00. The number of pyridine rings is 1. The van der Waals surface area contributed by atoms with Gasteiger partial charge in [-0.1, -0.05) is 6.07 Å². The van der Waals surface area contributed by atoms with E-state index in [0.29, 0.717) is 11.9 Å². The normalized spacial score (nSPS) is 16.8. The number of nitrogens with zero attached hydrogens (tertiary/aromatic N) is 3. The van der Waals surface area contributed by atoms with E-state index in [-0.39, 0.29) is 0 Å². The molecule has 0 radical (unpaired) electrons. The molecule has 3 N–H and O–H groups in total. The predicted octanol–water partition coefficient (Wildman–Crippen LogP) is 2.25. The zero-order valence-corrected chi connectivity index (χ0v) is 14.2. The van der Waals surface area contributed by atoms with Crippen LogP contribution in [0.25, 0.3) is 0 Å². The smallest absolute Gasteiger partial charge is 0.224 e. The summed E-state index contributed by atoms with van der Waals surface area (Å²) in [6.45, 7) is 5.09. The minimum atomic E-state index is 0.356. The molecule has 2 aromatic heterocycles. The molecule has 0 spiro atoms. The average molecular weight is 328 g/mol. The van der Waals surface area contributed by atoms with Crippen molar-refractivity contribution in [1.82, 2.24) is 15.0 Å². The van der Waals surface area contributed by atoms with Crippen LogP contribution in [-0.2, 0) is 4.74 Å². The van der Waals surface area contributed by atoms with Crippen LogP contribution in [0.4, 0.5) is 17.6 Å². The maximum atomic E-state index is 5.47. The molecule has 7 heteroatoms. The van der Waals surface area contributed by atoms with Crippen molar-refractivity contribution in [2.75, 3.05) is 49.3 Å². The molecule has 24 heavy (non-hydrogen) atoms. The number of aryl methyl sites for hydroxylation is 1. The number of hydrogen-bond donors (Lipinski definition) is 3. The molecule has 0 saturated carbocycles. The molecule has 0 amide bonds. The standard InChI is InChI=1S/C17H24N6O/c1-12-4-3-6-20-16(12)21-8-7-19-15-10-14(13-5-9-24-11-13)22-17(18-2)23-15/h3-4,6,10,13H,5,7-9,11H2,1-2H3,(H,20,21)(H2,18,19,22,23)/t13-/m1/s1. The highest BCUT2D eigenvalue weighted by molar-refractivity contribution is 5.45. The number of hydrogen-bond acceptors (Lipinski definition) is 7. The van der Waals surface area contributed by atoms with Crippen molar-refractivity contribution in [1.29, 1.82) is 0 Å². The summed E-state index contributed by atoms with van der Waals surface area (Å²) in [5, 5.41) is 9.71. The van der Waals surface area contributed by atoms with Crippen LogP contribution in [0.2, 0.25) is 0 Å². The van der Waals surface area contributed by atoms with Crippen molar-refractivity contribution in [3.05, 3.63) is 35.7 Å². The summed E-state index contributed by atoms with van der Waals surface area (Å²) in [4.78, 5) is 13.3. The van der Waals surface area contributed by atoms with Crippen LogP contribution in [0.5, 0.6) is 0 Å². The first-order chi connectivity index (χ1) is 11.8. The second kappa shape index (κ2) is 7.92. The second-order valence-corrected chi connectivity index (χ2v) is 5.83. The van der Waals surface area contributed by atoms with Crippen molar-refractivity contribution < 1.29 is 4.74 Å². The Bertz CT molecular complexity index is 672. The van der Waals surface area contributed by atoms with Crippen LogP contribution in [-0.4, -0.2) is 48.3 Å². The zero-order valence-electron chi connectivity index (χ0n) is 14.2. The lowest BCUT2D eigenvalue weighted by molar-refractivity contribution is 0.193. The van der Waals surface area contributed by atoms with Gasteiger partial charge in [-0.25, -0.2) is 9.97 Å². The molecule has 0 aromatic carbocycles. The van der Waals surface area contributed by atoms with Crippen molar-refractivity contribution in [2.45, 2.75) is 19.3 Å². The lowest BCUT2D eigenvalue weighted by atomic mass is 10.0. The van der Waals surface area contributed by atoms with Gasteiger partial charge in [-0.2, -0.15) is 4.98 Å². The van der Waals surface area contributed by atoms with Gasteiger partial charge in [-0.3, -0.25) is 0 Å². The molecule has 1 aliphatic rings. The van der Waals surface area contributed by atoms with Crippen LogP contribution < -0.4 is 16.0 Å². The largest absolute Gasteiger partial charge is 0.381 e. The summed E-state index contributed by atoms with van der Waals surface area (Å²) >= 11 is 0. The fraction of sp³-hybridized carbons (Fsp3) is 0.471. The Balaban J connectivity index is 1.58. The predicted molar refractivity (Wildman–Crippen MR) is 95.7 cm³/mol. The fourth-order valence-electron chi connectivity index (χ4n) is 2.69. The van der Waals surface area contributed by atoms with E-state index >= 15 is 0 Å². The Kier molecular flexibility index (Phi) is 5.43. The summed E-state index contributed by atoms with van der Waals surface area (Å²) < 4.78 is 5.47. The van der Waals surface area contributed by atoms with Gasteiger partial charge in [0.25, 0.3) is 0 Å². The molecule has 1 atom stereocenters. The molecule has 1 aliphatic heterocycles. The van der Waals surface area contributed by atoms with E-state index in [1.165, 1.54) is 0 Å². The van der Waals surface area contributed by atoms with E-state index in [9.17, 15) is 0 Å². The average Bonchev–Trinajstić information content (AvgIpc) is 3.14. The van der Waals surface area contributed by atoms with E-state index < -0.39 is 0 Å². The molecular weight excluding hydrogens is 304 g/mol. The van der Waals surface area contributed by atoms with Gasteiger partial charge >= 0.3 is 0 Å². The summed E-state index contributed by atoms with van der Waals surface area (Å²) in [7, 11) is 1.83. The van der Waals surface area contributed by atoms with Gasteiger partial charge in [0.1, 0.15) is 11.6 Å². The Morgan fingerprint density at radius 3 is 2.88 bits per heavy atom. The lowest BCUT2D eigenvalue weighted by Crippen LogP contribution is -2.16. The van der Waals surface area contributed by atoms with Crippen molar-refractivity contribution in [3.63, 3.8) is 0 Å². The topological polar surface area (TPSA) is 84.0 Å². The third-order valence-corrected chi connectivity index (χ3v) is 4.05. The van der Waals surface area contributed by atoms with Crippen LogP contribution in [0.1, 0.15) is 23.6 Å². The van der Waals surface area contributed by atoms with Gasteiger partial charge in [0.05, 0.1) is 12.3 Å². The molecular formula is C17H24N6O. The van der Waals surface area contributed by atoms with E-state index in [2.05, 4.69) is 30.9 Å².